The second kappa shape index (κ2) is 6.38. The summed E-state index contributed by atoms with van der Waals surface area (Å²) in [5, 5.41) is 3.24. The van der Waals surface area contributed by atoms with Crippen molar-refractivity contribution >= 4 is 5.78 Å². The number of hydrogen-bond donors (Lipinski definition) is 1. The normalized spacial score (nSPS) is 12.8. The summed E-state index contributed by atoms with van der Waals surface area (Å²) >= 11 is 0. The summed E-state index contributed by atoms with van der Waals surface area (Å²) in [5.41, 5.74) is 1.15. The number of aromatic nitrogens is 1. The van der Waals surface area contributed by atoms with Crippen LogP contribution in [-0.2, 0) is 11.2 Å². The topological polar surface area (TPSA) is 42.0 Å². The van der Waals surface area contributed by atoms with Crippen LogP contribution in [0.4, 0.5) is 0 Å². The van der Waals surface area contributed by atoms with Crippen LogP contribution in [0, 0.1) is 5.92 Å². The third-order valence-electron chi connectivity index (χ3n) is 2.55. The van der Waals surface area contributed by atoms with Crippen molar-refractivity contribution in [3.8, 4) is 0 Å². The molecule has 0 spiro atoms. The standard InChI is InChI=1S/C13H20N2O/c1-4-15-12(13(16)10(2)3)9-11-5-7-14-8-6-11/h5-8,10,12,15H,4,9H2,1-3H3. The number of ketones is 1. The Bertz CT molecular complexity index is 322. The lowest BCUT2D eigenvalue weighted by Crippen LogP contribution is -2.40. The minimum atomic E-state index is -0.0765. The minimum absolute atomic E-state index is 0.0749. The lowest BCUT2D eigenvalue weighted by molar-refractivity contribution is -0.123. The zero-order chi connectivity index (χ0) is 12.0. The fourth-order valence-corrected chi connectivity index (χ4v) is 1.68. The predicted octanol–water partition coefficient (Wildman–Crippen LogP) is 1.83. The predicted molar refractivity (Wildman–Crippen MR) is 65.3 cm³/mol. The maximum absolute atomic E-state index is 12.0. The fraction of sp³-hybridized carbons (Fsp3) is 0.538. The zero-order valence-corrected chi connectivity index (χ0v) is 10.2. The summed E-state index contributed by atoms with van der Waals surface area (Å²) < 4.78 is 0. The number of pyridine rings is 1. The first-order valence-corrected chi connectivity index (χ1v) is 5.81. The third-order valence-corrected chi connectivity index (χ3v) is 2.55. The van der Waals surface area contributed by atoms with Gasteiger partial charge in [-0.15, -0.1) is 0 Å². The molecule has 0 bridgehead atoms. The summed E-state index contributed by atoms with van der Waals surface area (Å²) in [6, 6.07) is 3.84. The van der Waals surface area contributed by atoms with Gasteiger partial charge in [-0.3, -0.25) is 9.78 Å². The molecule has 1 atom stereocenters. The van der Waals surface area contributed by atoms with Gasteiger partial charge in [-0.2, -0.15) is 0 Å². The van der Waals surface area contributed by atoms with Crippen molar-refractivity contribution in [3.05, 3.63) is 30.1 Å². The van der Waals surface area contributed by atoms with Gasteiger partial charge < -0.3 is 5.32 Å². The Morgan fingerprint density at radius 3 is 2.50 bits per heavy atom. The second-order valence-corrected chi connectivity index (χ2v) is 4.23. The Balaban J connectivity index is 2.68. The summed E-state index contributed by atoms with van der Waals surface area (Å²) in [6.07, 6.45) is 4.27. The number of carbonyl (C=O) groups excluding carboxylic acids is 1. The largest absolute Gasteiger partial charge is 0.307 e. The van der Waals surface area contributed by atoms with Crippen LogP contribution in [-0.4, -0.2) is 23.4 Å². The molecule has 1 unspecified atom stereocenters. The van der Waals surface area contributed by atoms with E-state index in [2.05, 4.69) is 10.3 Å². The molecule has 0 fully saturated rings. The number of nitrogens with zero attached hydrogens (tertiary/aromatic N) is 1. The second-order valence-electron chi connectivity index (χ2n) is 4.23. The molecule has 0 saturated carbocycles. The molecule has 1 heterocycles. The Hall–Kier alpha value is -1.22. The van der Waals surface area contributed by atoms with E-state index >= 15 is 0 Å². The highest BCUT2D eigenvalue weighted by atomic mass is 16.1. The lowest BCUT2D eigenvalue weighted by Gasteiger charge is -2.18. The molecule has 1 aromatic rings. The van der Waals surface area contributed by atoms with Crippen molar-refractivity contribution in [1.82, 2.24) is 10.3 Å². The van der Waals surface area contributed by atoms with Crippen molar-refractivity contribution < 1.29 is 4.79 Å². The molecule has 1 aromatic heterocycles. The molecule has 0 aromatic carbocycles. The highest BCUT2D eigenvalue weighted by Crippen LogP contribution is 2.07. The number of rotatable bonds is 6. The van der Waals surface area contributed by atoms with Gasteiger partial charge >= 0.3 is 0 Å². The maximum atomic E-state index is 12.0. The van der Waals surface area contributed by atoms with E-state index in [9.17, 15) is 4.79 Å². The summed E-state index contributed by atoms with van der Waals surface area (Å²) in [4.78, 5) is 15.9. The number of carbonyl (C=O) groups is 1. The molecule has 0 amide bonds. The van der Waals surface area contributed by atoms with Gasteiger partial charge in [0.05, 0.1) is 6.04 Å². The van der Waals surface area contributed by atoms with Crippen LogP contribution in [0.2, 0.25) is 0 Å². The van der Waals surface area contributed by atoms with E-state index in [-0.39, 0.29) is 17.7 Å². The van der Waals surface area contributed by atoms with Crippen molar-refractivity contribution in [2.75, 3.05) is 6.54 Å². The van der Waals surface area contributed by atoms with Crippen LogP contribution in [0.25, 0.3) is 0 Å². The van der Waals surface area contributed by atoms with E-state index in [1.54, 1.807) is 12.4 Å². The Labute approximate surface area is 97.3 Å². The Morgan fingerprint density at radius 2 is 2.00 bits per heavy atom. The van der Waals surface area contributed by atoms with E-state index in [1.807, 2.05) is 32.9 Å². The van der Waals surface area contributed by atoms with Gasteiger partial charge in [0.15, 0.2) is 5.78 Å². The molecule has 0 aliphatic rings. The Kier molecular flexibility index (Phi) is 5.12. The van der Waals surface area contributed by atoms with Crippen molar-refractivity contribution in [2.24, 2.45) is 5.92 Å². The van der Waals surface area contributed by atoms with E-state index < -0.39 is 0 Å². The van der Waals surface area contributed by atoms with E-state index in [0.717, 1.165) is 18.5 Å². The van der Waals surface area contributed by atoms with Gasteiger partial charge in [-0.25, -0.2) is 0 Å². The molecule has 1 N–H and O–H groups in total. The van der Waals surface area contributed by atoms with Crippen LogP contribution in [0.1, 0.15) is 26.3 Å². The van der Waals surface area contributed by atoms with Crippen LogP contribution < -0.4 is 5.32 Å². The third kappa shape index (κ3) is 3.74. The maximum Gasteiger partial charge on any atom is 0.152 e. The van der Waals surface area contributed by atoms with Gasteiger partial charge in [0.2, 0.25) is 0 Å². The van der Waals surface area contributed by atoms with Gasteiger partial charge in [0, 0.05) is 18.3 Å². The van der Waals surface area contributed by atoms with Gasteiger partial charge in [0.25, 0.3) is 0 Å². The van der Waals surface area contributed by atoms with Crippen molar-refractivity contribution in [3.63, 3.8) is 0 Å². The molecular weight excluding hydrogens is 200 g/mol. The number of hydrogen-bond acceptors (Lipinski definition) is 3. The van der Waals surface area contributed by atoms with Crippen LogP contribution >= 0.6 is 0 Å². The molecule has 0 saturated heterocycles. The lowest BCUT2D eigenvalue weighted by atomic mass is 9.96. The summed E-state index contributed by atoms with van der Waals surface area (Å²) in [7, 11) is 0. The monoisotopic (exact) mass is 220 g/mol. The SMILES string of the molecule is CCNC(Cc1ccncc1)C(=O)C(C)C. The number of likely N-dealkylation sites (N-methyl/N-ethyl adjacent to an activating group) is 1. The molecule has 3 heteroatoms. The molecular formula is C13H20N2O. The number of Topliss-reactive ketones (excluding diaryl/α,β-unsaturated/α-hetero) is 1. The highest BCUT2D eigenvalue weighted by molar-refractivity contribution is 5.86. The quantitative estimate of drug-likeness (QED) is 0.795. The van der Waals surface area contributed by atoms with Crippen molar-refractivity contribution in [1.29, 1.82) is 0 Å². The fourth-order valence-electron chi connectivity index (χ4n) is 1.68. The first-order chi connectivity index (χ1) is 7.65. The van der Waals surface area contributed by atoms with Crippen LogP contribution in [0.5, 0.6) is 0 Å². The van der Waals surface area contributed by atoms with E-state index in [1.165, 1.54) is 0 Å². The zero-order valence-electron chi connectivity index (χ0n) is 10.2. The molecule has 0 aliphatic carbocycles. The van der Waals surface area contributed by atoms with E-state index in [0.29, 0.717) is 0 Å². The van der Waals surface area contributed by atoms with Crippen LogP contribution in [0.15, 0.2) is 24.5 Å². The van der Waals surface area contributed by atoms with Crippen molar-refractivity contribution in [2.45, 2.75) is 33.2 Å². The van der Waals surface area contributed by atoms with Gasteiger partial charge in [-0.05, 0) is 30.7 Å². The van der Waals surface area contributed by atoms with E-state index in [4.69, 9.17) is 0 Å². The molecule has 1 rings (SSSR count). The molecule has 88 valence electrons. The van der Waals surface area contributed by atoms with Gasteiger partial charge in [0.1, 0.15) is 0 Å². The molecule has 16 heavy (non-hydrogen) atoms. The first kappa shape index (κ1) is 12.8. The smallest absolute Gasteiger partial charge is 0.152 e. The average molecular weight is 220 g/mol. The van der Waals surface area contributed by atoms with Gasteiger partial charge in [-0.1, -0.05) is 20.8 Å². The molecule has 3 nitrogen and oxygen atoms in total. The molecule has 0 aliphatic heterocycles. The summed E-state index contributed by atoms with van der Waals surface area (Å²) in [5.74, 6) is 0.351. The Morgan fingerprint density at radius 1 is 1.38 bits per heavy atom. The number of nitrogens with one attached hydrogen (secondary N) is 1. The van der Waals surface area contributed by atoms with Crippen LogP contribution in [0.3, 0.4) is 0 Å². The molecule has 0 radical (unpaired) electrons. The summed E-state index contributed by atoms with van der Waals surface area (Å²) in [6.45, 7) is 6.72. The first-order valence-electron chi connectivity index (χ1n) is 5.81. The average Bonchev–Trinajstić information content (AvgIpc) is 2.29. The highest BCUT2D eigenvalue weighted by Gasteiger charge is 2.20. The minimum Gasteiger partial charge on any atom is -0.307 e.